The van der Waals surface area contributed by atoms with E-state index in [1.807, 2.05) is 18.7 Å². The Morgan fingerprint density at radius 1 is 1.38 bits per heavy atom. The number of aliphatic hydroxyl groups excluding tert-OH is 1. The molecule has 0 aliphatic carbocycles. The molecule has 16 heavy (non-hydrogen) atoms. The standard InChI is InChI=1S/C13H19N2O/c1-14(2)7-8-15-10-12(16)9-11-5-3-4-6-13(11)15/h3-6,10,12,16H,7-9H2,1-2H3. The van der Waals surface area contributed by atoms with Crippen LogP contribution in [0, 0.1) is 6.54 Å². The average Bonchev–Trinajstić information content (AvgIpc) is 2.25. The van der Waals surface area contributed by atoms with Crippen LogP contribution in [0.3, 0.4) is 0 Å². The van der Waals surface area contributed by atoms with Crippen LogP contribution in [0.2, 0.25) is 0 Å². The normalized spacial score (nSPS) is 20.0. The van der Waals surface area contributed by atoms with Crippen molar-refractivity contribution in [2.24, 2.45) is 0 Å². The number of likely N-dealkylation sites (N-methyl/N-ethyl adjacent to an activating group) is 1. The molecule has 0 spiro atoms. The molecular formula is C13H19N2O. The van der Waals surface area contributed by atoms with Gasteiger partial charge in [-0.1, -0.05) is 18.2 Å². The summed E-state index contributed by atoms with van der Waals surface area (Å²) in [5.41, 5.74) is 2.46. The quantitative estimate of drug-likeness (QED) is 0.825. The molecule has 0 saturated heterocycles. The number of rotatable bonds is 3. The van der Waals surface area contributed by atoms with Gasteiger partial charge in [-0.25, -0.2) is 0 Å². The van der Waals surface area contributed by atoms with E-state index in [0.717, 1.165) is 19.5 Å². The van der Waals surface area contributed by atoms with Crippen LogP contribution in [-0.2, 0) is 6.42 Å². The Bertz CT molecular complexity index is 352. The lowest BCUT2D eigenvalue weighted by molar-refractivity contribution is 0.199. The summed E-state index contributed by atoms with van der Waals surface area (Å²) in [6.45, 7) is 3.82. The first-order valence-electron chi connectivity index (χ1n) is 5.69. The van der Waals surface area contributed by atoms with Gasteiger partial charge in [-0.2, -0.15) is 0 Å². The van der Waals surface area contributed by atoms with Gasteiger partial charge in [-0.05, 0) is 25.7 Å². The number of para-hydroxylation sites is 1. The lowest BCUT2D eigenvalue weighted by Gasteiger charge is -2.34. The lowest BCUT2D eigenvalue weighted by atomic mass is 10.00. The van der Waals surface area contributed by atoms with Crippen LogP contribution in [0.1, 0.15) is 5.56 Å². The molecule has 0 amide bonds. The van der Waals surface area contributed by atoms with Gasteiger partial charge >= 0.3 is 0 Å². The van der Waals surface area contributed by atoms with Crippen molar-refractivity contribution in [2.45, 2.75) is 12.5 Å². The van der Waals surface area contributed by atoms with Crippen molar-refractivity contribution >= 4 is 5.69 Å². The molecule has 1 N–H and O–H groups in total. The van der Waals surface area contributed by atoms with Gasteiger partial charge in [0.1, 0.15) is 0 Å². The highest BCUT2D eigenvalue weighted by atomic mass is 16.3. The number of aliphatic hydroxyl groups is 1. The van der Waals surface area contributed by atoms with Crippen LogP contribution >= 0.6 is 0 Å². The molecule has 2 rings (SSSR count). The zero-order valence-electron chi connectivity index (χ0n) is 9.93. The average molecular weight is 219 g/mol. The fourth-order valence-corrected chi connectivity index (χ4v) is 2.03. The van der Waals surface area contributed by atoms with Crippen molar-refractivity contribution in [1.82, 2.24) is 4.90 Å². The van der Waals surface area contributed by atoms with E-state index in [2.05, 4.69) is 36.0 Å². The molecule has 87 valence electrons. The molecule has 1 radical (unpaired) electrons. The van der Waals surface area contributed by atoms with Crippen LogP contribution < -0.4 is 4.90 Å². The Morgan fingerprint density at radius 3 is 2.88 bits per heavy atom. The molecule has 1 aliphatic rings. The highest BCUT2D eigenvalue weighted by molar-refractivity contribution is 5.57. The Labute approximate surface area is 97.3 Å². The van der Waals surface area contributed by atoms with E-state index in [4.69, 9.17) is 0 Å². The molecule has 1 aliphatic heterocycles. The second-order valence-corrected chi connectivity index (χ2v) is 4.55. The zero-order chi connectivity index (χ0) is 11.5. The van der Waals surface area contributed by atoms with Crippen molar-refractivity contribution in [3.05, 3.63) is 36.4 Å². The van der Waals surface area contributed by atoms with E-state index in [0.29, 0.717) is 0 Å². The first-order valence-corrected chi connectivity index (χ1v) is 5.69. The second kappa shape index (κ2) is 4.85. The summed E-state index contributed by atoms with van der Waals surface area (Å²) in [5, 5.41) is 9.78. The minimum absolute atomic E-state index is 0.350. The Balaban J connectivity index is 2.13. The number of hydrogen-bond donors (Lipinski definition) is 1. The molecule has 1 atom stereocenters. The van der Waals surface area contributed by atoms with Gasteiger partial charge in [0.25, 0.3) is 0 Å². The van der Waals surface area contributed by atoms with E-state index in [1.54, 1.807) is 0 Å². The minimum atomic E-state index is -0.350. The van der Waals surface area contributed by atoms with Gasteiger partial charge in [-0.15, -0.1) is 0 Å². The molecule has 1 aromatic carbocycles. The van der Waals surface area contributed by atoms with Crippen LogP contribution in [0.25, 0.3) is 0 Å². The maximum Gasteiger partial charge on any atom is 0.0805 e. The van der Waals surface area contributed by atoms with Gasteiger partial charge in [0.2, 0.25) is 0 Å². The maximum atomic E-state index is 9.78. The molecule has 0 aromatic heterocycles. The molecule has 0 bridgehead atoms. The van der Waals surface area contributed by atoms with Crippen LogP contribution in [0.15, 0.2) is 24.3 Å². The van der Waals surface area contributed by atoms with Crippen LogP contribution in [-0.4, -0.2) is 43.3 Å². The molecule has 1 unspecified atom stereocenters. The first kappa shape index (κ1) is 11.4. The summed E-state index contributed by atoms with van der Waals surface area (Å²) in [6, 6.07) is 8.29. The Hall–Kier alpha value is -1.06. The third kappa shape index (κ3) is 2.54. The second-order valence-electron chi connectivity index (χ2n) is 4.55. The third-order valence-electron chi connectivity index (χ3n) is 2.87. The van der Waals surface area contributed by atoms with Gasteiger partial charge in [0.05, 0.1) is 12.6 Å². The molecular weight excluding hydrogens is 200 g/mol. The fraction of sp³-hybridized carbons (Fsp3) is 0.462. The largest absolute Gasteiger partial charge is 0.391 e. The van der Waals surface area contributed by atoms with Crippen molar-refractivity contribution in [2.75, 3.05) is 32.1 Å². The number of fused-ring (bicyclic) bond motifs is 1. The van der Waals surface area contributed by atoms with Gasteiger partial charge in [-0.3, -0.25) is 0 Å². The highest BCUT2D eigenvalue weighted by Gasteiger charge is 2.22. The van der Waals surface area contributed by atoms with Gasteiger partial charge in [0, 0.05) is 25.2 Å². The van der Waals surface area contributed by atoms with Crippen LogP contribution in [0.4, 0.5) is 5.69 Å². The van der Waals surface area contributed by atoms with Gasteiger partial charge < -0.3 is 14.9 Å². The smallest absolute Gasteiger partial charge is 0.0805 e. The highest BCUT2D eigenvalue weighted by Crippen LogP contribution is 2.28. The number of nitrogens with zero attached hydrogens (tertiary/aromatic N) is 2. The first-order chi connectivity index (χ1) is 7.66. The molecule has 1 heterocycles. The number of anilines is 1. The molecule has 1 aromatic rings. The van der Waals surface area contributed by atoms with Crippen molar-refractivity contribution in [3.63, 3.8) is 0 Å². The summed E-state index contributed by atoms with van der Waals surface area (Å²) in [7, 11) is 4.12. The van der Waals surface area contributed by atoms with Crippen molar-refractivity contribution < 1.29 is 5.11 Å². The number of benzene rings is 1. The van der Waals surface area contributed by atoms with Crippen LogP contribution in [0.5, 0.6) is 0 Å². The Kier molecular flexibility index (Phi) is 3.46. The van der Waals surface area contributed by atoms with E-state index < -0.39 is 0 Å². The maximum absolute atomic E-state index is 9.78. The minimum Gasteiger partial charge on any atom is -0.391 e. The predicted molar refractivity (Wildman–Crippen MR) is 66.4 cm³/mol. The van der Waals surface area contributed by atoms with Gasteiger partial charge in [0.15, 0.2) is 0 Å². The monoisotopic (exact) mass is 219 g/mol. The third-order valence-corrected chi connectivity index (χ3v) is 2.87. The molecule has 0 saturated carbocycles. The predicted octanol–water partition coefficient (Wildman–Crippen LogP) is 1.13. The molecule has 3 heteroatoms. The summed E-state index contributed by atoms with van der Waals surface area (Å²) in [5.74, 6) is 0. The summed E-state index contributed by atoms with van der Waals surface area (Å²) < 4.78 is 0. The lowest BCUT2D eigenvalue weighted by Crippen LogP contribution is -2.37. The summed E-state index contributed by atoms with van der Waals surface area (Å²) in [4.78, 5) is 4.31. The topological polar surface area (TPSA) is 26.7 Å². The SMILES string of the molecule is CN(C)CCN1[CH]C(O)Cc2ccccc21. The van der Waals surface area contributed by atoms with E-state index in [-0.39, 0.29) is 6.10 Å². The number of hydrogen-bond acceptors (Lipinski definition) is 3. The Morgan fingerprint density at radius 2 is 2.12 bits per heavy atom. The van der Waals surface area contributed by atoms with E-state index >= 15 is 0 Å². The fourth-order valence-electron chi connectivity index (χ4n) is 2.03. The molecule has 3 nitrogen and oxygen atoms in total. The van der Waals surface area contributed by atoms with Crippen molar-refractivity contribution in [1.29, 1.82) is 0 Å². The summed E-state index contributed by atoms with van der Waals surface area (Å²) in [6.07, 6.45) is 0.381. The van der Waals surface area contributed by atoms with E-state index in [9.17, 15) is 5.11 Å². The zero-order valence-corrected chi connectivity index (χ0v) is 9.93. The van der Waals surface area contributed by atoms with E-state index in [1.165, 1.54) is 11.3 Å². The van der Waals surface area contributed by atoms with Crippen molar-refractivity contribution in [3.8, 4) is 0 Å². The molecule has 0 fully saturated rings. The summed E-state index contributed by atoms with van der Waals surface area (Å²) >= 11 is 0.